The lowest BCUT2D eigenvalue weighted by Crippen LogP contribution is -2.42. The Kier molecular flexibility index (Phi) is 5.55. The second-order valence-electron chi connectivity index (χ2n) is 4.84. The van der Waals surface area contributed by atoms with Crippen molar-refractivity contribution < 1.29 is 14.7 Å². The molecule has 0 saturated carbocycles. The molecule has 2 N–H and O–H groups in total. The third-order valence-corrected chi connectivity index (χ3v) is 3.03. The molecule has 1 atom stereocenters. The quantitative estimate of drug-likeness (QED) is 0.827. The van der Waals surface area contributed by atoms with E-state index >= 15 is 0 Å². The van der Waals surface area contributed by atoms with Gasteiger partial charge in [-0.2, -0.15) is 0 Å². The fourth-order valence-electron chi connectivity index (χ4n) is 1.99. The third kappa shape index (κ3) is 4.73. The number of aryl methyl sites for hydroxylation is 2. The summed E-state index contributed by atoms with van der Waals surface area (Å²) in [5, 5.41) is 11.8. The summed E-state index contributed by atoms with van der Waals surface area (Å²) in [6.07, 6.45) is 1.38. The van der Waals surface area contributed by atoms with Gasteiger partial charge in [-0.25, -0.2) is 4.79 Å². The SMILES string of the molecule is CCCC(=O)NC(Cc1ccc(C)cc1C)C(=O)O. The van der Waals surface area contributed by atoms with Crippen LogP contribution >= 0.6 is 0 Å². The van der Waals surface area contributed by atoms with Gasteiger partial charge in [0.1, 0.15) is 6.04 Å². The number of amides is 1. The number of carboxylic acids is 1. The summed E-state index contributed by atoms with van der Waals surface area (Å²) in [6, 6.07) is 5.03. The van der Waals surface area contributed by atoms with Crippen molar-refractivity contribution in [3.63, 3.8) is 0 Å². The van der Waals surface area contributed by atoms with Crippen LogP contribution in [0, 0.1) is 13.8 Å². The molecule has 104 valence electrons. The Labute approximate surface area is 113 Å². The van der Waals surface area contributed by atoms with Crippen LogP contribution in [0.15, 0.2) is 18.2 Å². The number of carbonyl (C=O) groups excluding carboxylic acids is 1. The highest BCUT2D eigenvalue weighted by Crippen LogP contribution is 2.13. The molecule has 0 spiro atoms. The minimum Gasteiger partial charge on any atom is -0.480 e. The van der Waals surface area contributed by atoms with Gasteiger partial charge in [0.05, 0.1) is 0 Å². The van der Waals surface area contributed by atoms with Gasteiger partial charge in [0.25, 0.3) is 0 Å². The Morgan fingerprint density at radius 1 is 1.32 bits per heavy atom. The van der Waals surface area contributed by atoms with Gasteiger partial charge in [-0.05, 0) is 31.4 Å². The topological polar surface area (TPSA) is 66.4 Å². The lowest BCUT2D eigenvalue weighted by Gasteiger charge is -2.16. The first-order valence-electron chi connectivity index (χ1n) is 6.52. The van der Waals surface area contributed by atoms with Crippen LogP contribution in [0.2, 0.25) is 0 Å². The Balaban J connectivity index is 2.78. The van der Waals surface area contributed by atoms with E-state index in [4.69, 9.17) is 0 Å². The van der Waals surface area contributed by atoms with Gasteiger partial charge in [0, 0.05) is 12.8 Å². The lowest BCUT2D eigenvalue weighted by atomic mass is 9.99. The molecule has 0 aliphatic heterocycles. The van der Waals surface area contributed by atoms with Gasteiger partial charge in [-0.15, -0.1) is 0 Å². The van der Waals surface area contributed by atoms with E-state index in [9.17, 15) is 14.7 Å². The maximum atomic E-state index is 11.5. The number of carbonyl (C=O) groups is 2. The predicted molar refractivity (Wildman–Crippen MR) is 74.1 cm³/mol. The summed E-state index contributed by atoms with van der Waals surface area (Å²) in [5.74, 6) is -1.20. The van der Waals surface area contributed by atoms with Crippen molar-refractivity contribution in [2.45, 2.75) is 46.1 Å². The zero-order chi connectivity index (χ0) is 14.4. The Bertz CT molecular complexity index is 468. The highest BCUT2D eigenvalue weighted by molar-refractivity contribution is 5.83. The number of carboxylic acid groups (broad SMARTS) is 1. The monoisotopic (exact) mass is 263 g/mol. The van der Waals surface area contributed by atoms with E-state index in [0.717, 1.165) is 16.7 Å². The lowest BCUT2D eigenvalue weighted by molar-refractivity contribution is -0.141. The fraction of sp³-hybridized carbons (Fsp3) is 0.467. The van der Waals surface area contributed by atoms with E-state index in [1.165, 1.54) is 0 Å². The summed E-state index contributed by atoms with van der Waals surface area (Å²) >= 11 is 0. The second kappa shape index (κ2) is 6.92. The molecule has 1 unspecified atom stereocenters. The molecule has 0 fully saturated rings. The summed E-state index contributed by atoms with van der Waals surface area (Å²) in [4.78, 5) is 22.7. The van der Waals surface area contributed by atoms with E-state index in [0.29, 0.717) is 19.3 Å². The molecule has 0 aromatic heterocycles. The van der Waals surface area contributed by atoms with Crippen molar-refractivity contribution in [2.75, 3.05) is 0 Å². The Morgan fingerprint density at radius 3 is 2.53 bits per heavy atom. The average Bonchev–Trinajstić information content (AvgIpc) is 2.31. The van der Waals surface area contributed by atoms with Gasteiger partial charge < -0.3 is 10.4 Å². The van der Waals surface area contributed by atoms with Crippen LogP contribution in [0.1, 0.15) is 36.5 Å². The van der Waals surface area contributed by atoms with Crippen LogP contribution in [0.3, 0.4) is 0 Å². The largest absolute Gasteiger partial charge is 0.480 e. The van der Waals surface area contributed by atoms with Crippen LogP contribution in [0.5, 0.6) is 0 Å². The van der Waals surface area contributed by atoms with E-state index in [1.807, 2.05) is 39.0 Å². The first-order valence-corrected chi connectivity index (χ1v) is 6.52. The van der Waals surface area contributed by atoms with Crippen molar-refractivity contribution in [2.24, 2.45) is 0 Å². The minimum atomic E-state index is -0.996. The Morgan fingerprint density at radius 2 is 2.00 bits per heavy atom. The van der Waals surface area contributed by atoms with Gasteiger partial charge in [0.15, 0.2) is 0 Å². The van der Waals surface area contributed by atoms with Gasteiger partial charge in [-0.3, -0.25) is 4.79 Å². The van der Waals surface area contributed by atoms with Gasteiger partial charge in [-0.1, -0.05) is 30.7 Å². The molecule has 1 rings (SSSR count). The first kappa shape index (κ1) is 15.2. The third-order valence-electron chi connectivity index (χ3n) is 3.03. The standard InChI is InChI=1S/C15H21NO3/c1-4-5-14(17)16-13(15(18)19)9-12-7-6-10(2)8-11(12)3/h6-8,13H,4-5,9H2,1-3H3,(H,16,17)(H,18,19). The highest BCUT2D eigenvalue weighted by Gasteiger charge is 2.20. The summed E-state index contributed by atoms with van der Waals surface area (Å²) in [5.41, 5.74) is 3.15. The zero-order valence-electron chi connectivity index (χ0n) is 11.7. The van der Waals surface area contributed by atoms with Crippen LogP contribution < -0.4 is 5.32 Å². The molecule has 0 bridgehead atoms. The molecule has 19 heavy (non-hydrogen) atoms. The van der Waals surface area contributed by atoms with E-state index < -0.39 is 12.0 Å². The van der Waals surface area contributed by atoms with E-state index in [1.54, 1.807) is 0 Å². The van der Waals surface area contributed by atoms with Crippen molar-refractivity contribution in [1.82, 2.24) is 5.32 Å². The molecular weight excluding hydrogens is 242 g/mol. The van der Waals surface area contributed by atoms with Crippen molar-refractivity contribution in [1.29, 1.82) is 0 Å². The maximum absolute atomic E-state index is 11.5. The average molecular weight is 263 g/mol. The van der Waals surface area contributed by atoms with Crippen molar-refractivity contribution >= 4 is 11.9 Å². The molecule has 4 nitrogen and oxygen atoms in total. The van der Waals surface area contributed by atoms with Crippen LogP contribution in [-0.2, 0) is 16.0 Å². The highest BCUT2D eigenvalue weighted by atomic mass is 16.4. The molecule has 0 radical (unpaired) electrons. The summed E-state index contributed by atoms with van der Waals surface area (Å²) in [7, 11) is 0. The number of rotatable bonds is 6. The molecule has 1 amide bonds. The van der Waals surface area contributed by atoms with Crippen LogP contribution in [-0.4, -0.2) is 23.0 Å². The number of nitrogens with one attached hydrogen (secondary N) is 1. The van der Waals surface area contributed by atoms with Gasteiger partial charge >= 0.3 is 5.97 Å². The number of aliphatic carboxylic acids is 1. The molecular formula is C15H21NO3. The summed E-state index contributed by atoms with van der Waals surface area (Å²) in [6.45, 7) is 5.84. The predicted octanol–water partition coefficient (Wildman–Crippen LogP) is 2.22. The molecule has 0 saturated heterocycles. The van der Waals surface area contributed by atoms with Crippen LogP contribution in [0.4, 0.5) is 0 Å². The van der Waals surface area contributed by atoms with E-state index in [2.05, 4.69) is 5.32 Å². The van der Waals surface area contributed by atoms with Crippen LogP contribution in [0.25, 0.3) is 0 Å². The molecule has 0 aliphatic carbocycles. The van der Waals surface area contributed by atoms with E-state index in [-0.39, 0.29) is 5.91 Å². The zero-order valence-corrected chi connectivity index (χ0v) is 11.7. The van der Waals surface area contributed by atoms with Crippen molar-refractivity contribution in [3.8, 4) is 0 Å². The minimum absolute atomic E-state index is 0.209. The molecule has 1 aromatic carbocycles. The van der Waals surface area contributed by atoms with Gasteiger partial charge in [0.2, 0.25) is 5.91 Å². The first-order chi connectivity index (χ1) is 8.93. The second-order valence-corrected chi connectivity index (χ2v) is 4.84. The number of hydrogen-bond donors (Lipinski definition) is 2. The fourth-order valence-corrected chi connectivity index (χ4v) is 1.99. The molecule has 1 aromatic rings. The number of benzene rings is 1. The van der Waals surface area contributed by atoms with Crippen molar-refractivity contribution in [3.05, 3.63) is 34.9 Å². The molecule has 0 heterocycles. The molecule has 0 aliphatic rings. The normalized spacial score (nSPS) is 11.9. The Hall–Kier alpha value is -1.84. The molecule has 4 heteroatoms. The summed E-state index contributed by atoms with van der Waals surface area (Å²) < 4.78 is 0. The smallest absolute Gasteiger partial charge is 0.326 e. The number of hydrogen-bond acceptors (Lipinski definition) is 2. The maximum Gasteiger partial charge on any atom is 0.326 e.